The smallest absolute Gasteiger partial charge is 0.309 e. The van der Waals surface area contributed by atoms with Gasteiger partial charge in [-0.3, -0.25) is 0 Å². The lowest BCUT2D eigenvalue weighted by molar-refractivity contribution is -0.137. The maximum absolute atomic E-state index is 16.8. The van der Waals surface area contributed by atoms with Crippen LogP contribution < -0.4 is 0 Å². The van der Waals surface area contributed by atoms with Crippen LogP contribution in [0.1, 0.15) is 11.1 Å². The van der Waals surface area contributed by atoms with Crippen LogP contribution in [0.25, 0.3) is 116 Å². The number of nitriles is 1. The van der Waals surface area contributed by atoms with Gasteiger partial charge in [0.25, 0.3) is 0 Å². The van der Waals surface area contributed by atoms with E-state index >= 15 is 13.2 Å². The molecule has 0 aliphatic carbocycles. The molecule has 70 heavy (non-hydrogen) atoms. The molecule has 0 aliphatic rings. The topological polar surface area (TPSA) is 76.7 Å². The van der Waals surface area contributed by atoms with Crippen LogP contribution in [0.3, 0.4) is 0 Å². The number of hydrogen-bond acceptors (Lipinski definition) is 4. The van der Waals surface area contributed by atoms with Gasteiger partial charge >= 0.3 is 6.18 Å². The van der Waals surface area contributed by atoms with Gasteiger partial charge in [-0.05, 0) is 76.9 Å². The minimum atomic E-state index is -4.91. The van der Waals surface area contributed by atoms with E-state index < -0.39 is 11.7 Å². The van der Waals surface area contributed by atoms with E-state index in [2.05, 4.69) is 10.9 Å². The van der Waals surface area contributed by atoms with E-state index in [4.69, 9.17) is 21.5 Å². The highest BCUT2D eigenvalue weighted by atomic mass is 19.4. The fourth-order valence-electron chi connectivity index (χ4n) is 9.77. The van der Waals surface area contributed by atoms with Crippen molar-refractivity contribution in [2.75, 3.05) is 0 Å². The Kier molecular flexibility index (Phi) is 9.90. The van der Waals surface area contributed by atoms with Crippen molar-refractivity contribution < 1.29 is 13.2 Å². The van der Waals surface area contributed by atoms with Gasteiger partial charge in [0.1, 0.15) is 5.56 Å². The summed E-state index contributed by atoms with van der Waals surface area (Å²) in [6, 6.07) is 65.0. The standard InChI is InChI=1S/C60H34F3N7/c1-65-49-25-13-10-22-44(49)40-29-31-53-48(33-40)46-24-12-15-27-51(46)70(53)55-35-42(59-67-57(37-16-4-2-5-17-37)66-58(68-59)38-18-6-3-7-19-38)34-54(56(55)60(61,62)63)69-50-26-14-11-23-45(50)47-32-39(28-30-52(47)69)43-21-9-8-20-41(43)36-64/h2-35H. The molecule has 9 aromatic carbocycles. The average molecular weight is 910 g/mol. The van der Waals surface area contributed by atoms with Crippen molar-refractivity contribution >= 4 is 49.3 Å². The summed E-state index contributed by atoms with van der Waals surface area (Å²) in [6.45, 7) is 7.87. The molecule has 0 amide bonds. The molecule has 0 atom stereocenters. The molecule has 0 bridgehead atoms. The Morgan fingerprint density at radius 2 is 0.857 bits per heavy atom. The lowest BCUT2D eigenvalue weighted by Crippen LogP contribution is -2.16. The zero-order chi connectivity index (χ0) is 47.5. The van der Waals surface area contributed by atoms with Crippen molar-refractivity contribution in [3.63, 3.8) is 0 Å². The summed E-state index contributed by atoms with van der Waals surface area (Å²) in [4.78, 5) is 18.7. The van der Waals surface area contributed by atoms with Gasteiger partial charge in [-0.25, -0.2) is 19.8 Å². The Morgan fingerprint density at radius 1 is 0.429 bits per heavy atom. The van der Waals surface area contributed by atoms with Crippen LogP contribution in [0.15, 0.2) is 206 Å². The Balaban J connectivity index is 1.21. The molecule has 3 heterocycles. The van der Waals surface area contributed by atoms with Crippen molar-refractivity contribution in [1.29, 1.82) is 5.26 Å². The molecule has 12 aromatic rings. The minimum Gasteiger partial charge on any atom is -0.309 e. The van der Waals surface area contributed by atoms with Crippen molar-refractivity contribution in [2.24, 2.45) is 0 Å². The summed E-state index contributed by atoms with van der Waals surface area (Å²) in [5.41, 5.74) is 6.70. The third kappa shape index (κ3) is 6.94. The largest absolute Gasteiger partial charge is 0.420 e. The fraction of sp³-hybridized carbons (Fsp3) is 0.0167. The molecule has 12 rings (SSSR count). The van der Waals surface area contributed by atoms with Gasteiger partial charge in [0.05, 0.1) is 51.6 Å². The molecule has 0 spiro atoms. The number of hydrogen-bond donors (Lipinski definition) is 0. The molecule has 7 nitrogen and oxygen atoms in total. The van der Waals surface area contributed by atoms with Crippen LogP contribution in [0.2, 0.25) is 0 Å². The lowest BCUT2D eigenvalue weighted by Gasteiger charge is -2.23. The minimum absolute atomic E-state index is 0.131. The highest BCUT2D eigenvalue weighted by Crippen LogP contribution is 2.47. The van der Waals surface area contributed by atoms with Gasteiger partial charge < -0.3 is 9.13 Å². The van der Waals surface area contributed by atoms with Crippen molar-refractivity contribution in [3.05, 3.63) is 229 Å². The van der Waals surface area contributed by atoms with E-state index in [-0.39, 0.29) is 17.2 Å². The maximum Gasteiger partial charge on any atom is 0.420 e. The molecule has 0 radical (unpaired) electrons. The van der Waals surface area contributed by atoms with E-state index in [0.29, 0.717) is 72.4 Å². The Hall–Kier alpha value is -9.64. The molecule has 330 valence electrons. The Morgan fingerprint density at radius 3 is 1.37 bits per heavy atom. The fourth-order valence-corrected chi connectivity index (χ4v) is 9.77. The first-order valence-electron chi connectivity index (χ1n) is 22.4. The molecule has 0 aliphatic heterocycles. The number of para-hydroxylation sites is 3. The zero-order valence-corrected chi connectivity index (χ0v) is 36.9. The monoisotopic (exact) mass is 909 g/mol. The van der Waals surface area contributed by atoms with Gasteiger partial charge in [-0.2, -0.15) is 18.4 Å². The number of alkyl halides is 3. The summed E-state index contributed by atoms with van der Waals surface area (Å²) in [6.07, 6.45) is -4.91. The first-order chi connectivity index (χ1) is 34.3. The van der Waals surface area contributed by atoms with Crippen molar-refractivity contribution in [2.45, 2.75) is 6.18 Å². The third-order valence-corrected chi connectivity index (χ3v) is 12.9. The van der Waals surface area contributed by atoms with E-state index in [9.17, 15) is 5.26 Å². The summed E-state index contributed by atoms with van der Waals surface area (Å²) in [5.74, 6) is 0.899. The third-order valence-electron chi connectivity index (χ3n) is 12.9. The number of rotatable bonds is 7. The highest BCUT2D eigenvalue weighted by Gasteiger charge is 2.40. The van der Waals surface area contributed by atoms with Crippen LogP contribution in [0, 0.1) is 17.9 Å². The highest BCUT2D eigenvalue weighted by molar-refractivity contribution is 6.12. The molecular weight excluding hydrogens is 876 g/mol. The second-order valence-electron chi connectivity index (χ2n) is 16.9. The normalized spacial score (nSPS) is 11.6. The van der Waals surface area contributed by atoms with E-state index in [1.165, 1.54) is 0 Å². The summed E-state index contributed by atoms with van der Waals surface area (Å²) in [7, 11) is 0. The Labute approximate surface area is 399 Å². The molecule has 3 aromatic heterocycles. The summed E-state index contributed by atoms with van der Waals surface area (Å²) in [5, 5.41) is 12.9. The van der Waals surface area contributed by atoms with Crippen LogP contribution in [0.5, 0.6) is 0 Å². The van der Waals surface area contributed by atoms with Gasteiger partial charge in [0.15, 0.2) is 23.2 Å². The van der Waals surface area contributed by atoms with Gasteiger partial charge in [-0.1, -0.05) is 152 Å². The molecule has 0 unspecified atom stereocenters. The first-order valence-corrected chi connectivity index (χ1v) is 22.4. The van der Waals surface area contributed by atoms with Crippen molar-refractivity contribution in [3.8, 4) is 73.9 Å². The van der Waals surface area contributed by atoms with Crippen molar-refractivity contribution in [1.82, 2.24) is 24.1 Å². The predicted molar refractivity (Wildman–Crippen MR) is 272 cm³/mol. The van der Waals surface area contributed by atoms with Crippen LogP contribution in [0.4, 0.5) is 18.9 Å². The van der Waals surface area contributed by atoms with Gasteiger partial charge in [0.2, 0.25) is 0 Å². The quantitative estimate of drug-likeness (QED) is 0.149. The summed E-state index contributed by atoms with van der Waals surface area (Å²) >= 11 is 0. The van der Waals surface area contributed by atoms with E-state index in [1.807, 2.05) is 176 Å². The summed E-state index contributed by atoms with van der Waals surface area (Å²) < 4.78 is 53.8. The van der Waals surface area contributed by atoms with E-state index in [0.717, 1.165) is 33.0 Å². The van der Waals surface area contributed by atoms with Crippen LogP contribution in [-0.2, 0) is 6.18 Å². The van der Waals surface area contributed by atoms with Crippen LogP contribution >= 0.6 is 0 Å². The number of aromatic nitrogens is 5. The van der Waals surface area contributed by atoms with Gasteiger partial charge in [0, 0.05) is 38.2 Å². The molecule has 10 heteroatoms. The number of halogens is 3. The van der Waals surface area contributed by atoms with Crippen LogP contribution in [-0.4, -0.2) is 24.1 Å². The molecular formula is C60H34F3N7. The zero-order valence-electron chi connectivity index (χ0n) is 36.9. The maximum atomic E-state index is 16.8. The molecule has 0 fully saturated rings. The Bertz CT molecular complexity index is 3890. The average Bonchev–Trinajstić information content (AvgIpc) is 3.92. The lowest BCUT2D eigenvalue weighted by atomic mass is 9.98. The van der Waals surface area contributed by atoms with E-state index in [1.54, 1.807) is 39.5 Å². The predicted octanol–water partition coefficient (Wildman–Crippen LogP) is 15.8. The second kappa shape index (κ2) is 16.6. The van der Waals surface area contributed by atoms with Gasteiger partial charge in [-0.15, -0.1) is 0 Å². The SMILES string of the molecule is [C-]#[N+]c1ccccc1-c1ccc2c(c1)c1ccccc1n2-c1cc(-c2nc(-c3ccccc3)nc(-c3ccccc3)n2)cc(-n2c3ccccc3c3cc(-c4ccccc4C#N)ccc32)c1C(F)(F)F. The molecule has 0 N–H and O–H groups in total. The number of fused-ring (bicyclic) bond motifs is 6. The first kappa shape index (κ1) is 41.8. The molecule has 0 saturated heterocycles. The number of benzene rings is 9. The molecule has 0 saturated carbocycles. The number of nitrogens with zero attached hydrogens (tertiary/aromatic N) is 7. The second-order valence-corrected chi connectivity index (χ2v) is 16.9.